The summed E-state index contributed by atoms with van der Waals surface area (Å²) in [5.74, 6) is 1.87. The number of carbonyl (C=O) groups is 1. The first kappa shape index (κ1) is 25.1. The molecule has 0 spiro atoms. The van der Waals surface area contributed by atoms with Crippen LogP contribution in [0.2, 0.25) is 0 Å². The molecule has 0 unspecified atom stereocenters. The van der Waals surface area contributed by atoms with Crippen LogP contribution in [0.1, 0.15) is 51.4 Å². The first-order chi connectivity index (χ1) is 16.6. The Hall–Kier alpha value is -3.05. The number of benzene rings is 1. The maximum absolute atomic E-state index is 12.3. The second-order valence-electron chi connectivity index (χ2n) is 10.2. The van der Waals surface area contributed by atoms with Crippen molar-refractivity contribution >= 4 is 28.9 Å². The molecule has 1 fully saturated rings. The van der Waals surface area contributed by atoms with Gasteiger partial charge in [0.05, 0.1) is 5.69 Å². The summed E-state index contributed by atoms with van der Waals surface area (Å²) in [6.45, 7) is 9.39. The SMILES string of the molecule is Cc1cc(-c2nc(C#N)nc3c2ccn3C)ccc1SCCC1CCN(C(=O)OC(C)(C)C)CC1. The molecule has 0 bridgehead atoms. The molecular formula is C27H33N5O2S. The van der Waals surface area contributed by atoms with Gasteiger partial charge in [-0.2, -0.15) is 5.26 Å². The van der Waals surface area contributed by atoms with Gasteiger partial charge in [-0.25, -0.2) is 14.8 Å². The molecule has 3 heterocycles. The molecule has 4 rings (SSSR count). The highest BCUT2D eigenvalue weighted by Crippen LogP contribution is 2.32. The zero-order valence-electron chi connectivity index (χ0n) is 21.2. The third-order valence-corrected chi connectivity index (χ3v) is 7.53. The standard InChI is InChI=1S/C27H33N5O2S/c1-18-16-20(24-21-10-12-31(5)25(21)30-23(17-28)29-24)6-7-22(18)35-15-11-19-8-13-32(14-9-19)26(33)34-27(2,3)4/h6-7,10,12,16,19H,8-9,11,13-15H2,1-5H3. The van der Waals surface area contributed by atoms with Crippen LogP contribution < -0.4 is 0 Å². The molecule has 0 saturated carbocycles. The molecule has 1 amide bonds. The van der Waals surface area contributed by atoms with E-state index in [0.29, 0.717) is 5.92 Å². The van der Waals surface area contributed by atoms with Crippen LogP contribution >= 0.6 is 11.8 Å². The first-order valence-corrected chi connectivity index (χ1v) is 13.1. The minimum absolute atomic E-state index is 0.183. The van der Waals surface area contributed by atoms with Crippen LogP contribution in [-0.4, -0.2) is 50.0 Å². The van der Waals surface area contributed by atoms with Gasteiger partial charge in [0, 0.05) is 42.2 Å². The fraction of sp³-hybridized carbons (Fsp3) is 0.481. The van der Waals surface area contributed by atoms with Crippen LogP contribution in [-0.2, 0) is 11.8 Å². The molecule has 3 aromatic rings. The minimum atomic E-state index is -0.448. The largest absolute Gasteiger partial charge is 0.444 e. The average molecular weight is 492 g/mol. The van der Waals surface area contributed by atoms with Crippen LogP contribution in [0.3, 0.4) is 0 Å². The predicted octanol–water partition coefficient (Wildman–Crippen LogP) is 5.94. The van der Waals surface area contributed by atoms with Gasteiger partial charge in [-0.15, -0.1) is 11.8 Å². The number of nitrogens with zero attached hydrogens (tertiary/aromatic N) is 5. The number of likely N-dealkylation sites (tertiary alicyclic amines) is 1. The van der Waals surface area contributed by atoms with E-state index in [1.54, 1.807) is 0 Å². The van der Waals surface area contributed by atoms with Crippen LogP contribution in [0.15, 0.2) is 35.4 Å². The number of hydrogen-bond acceptors (Lipinski definition) is 6. The maximum atomic E-state index is 12.3. The zero-order chi connectivity index (χ0) is 25.2. The van der Waals surface area contributed by atoms with E-state index in [9.17, 15) is 10.1 Å². The number of fused-ring (bicyclic) bond motifs is 1. The molecule has 35 heavy (non-hydrogen) atoms. The molecule has 2 aromatic heterocycles. The Morgan fingerprint density at radius 2 is 1.97 bits per heavy atom. The van der Waals surface area contributed by atoms with E-state index in [1.165, 1.54) is 10.5 Å². The van der Waals surface area contributed by atoms with Crippen LogP contribution in [0, 0.1) is 24.2 Å². The Morgan fingerprint density at radius 3 is 2.63 bits per heavy atom. The third kappa shape index (κ3) is 5.96. The summed E-state index contributed by atoms with van der Waals surface area (Å²) in [6.07, 6.45) is 4.94. The lowest BCUT2D eigenvalue weighted by atomic mass is 9.95. The van der Waals surface area contributed by atoms with Crippen molar-refractivity contribution in [3.8, 4) is 17.3 Å². The van der Waals surface area contributed by atoms with Gasteiger partial charge in [-0.1, -0.05) is 6.07 Å². The third-order valence-electron chi connectivity index (χ3n) is 6.32. The van der Waals surface area contributed by atoms with E-state index in [2.05, 4.69) is 41.2 Å². The Kier molecular flexibility index (Phi) is 7.36. The predicted molar refractivity (Wildman–Crippen MR) is 139 cm³/mol. The van der Waals surface area contributed by atoms with Crippen molar-refractivity contribution in [3.05, 3.63) is 41.9 Å². The number of thioether (sulfide) groups is 1. The Bertz CT molecular complexity index is 1260. The summed E-state index contributed by atoms with van der Waals surface area (Å²) >= 11 is 1.88. The Morgan fingerprint density at radius 1 is 1.23 bits per heavy atom. The summed E-state index contributed by atoms with van der Waals surface area (Å²) in [7, 11) is 1.92. The second-order valence-corrected chi connectivity index (χ2v) is 11.3. The number of ether oxygens (including phenoxy) is 1. The number of aryl methyl sites for hydroxylation is 2. The monoisotopic (exact) mass is 491 g/mol. The Balaban J connectivity index is 1.35. The molecular weight excluding hydrogens is 458 g/mol. The number of hydrogen-bond donors (Lipinski definition) is 0. The van der Waals surface area contributed by atoms with Gasteiger partial charge in [0.1, 0.15) is 17.3 Å². The summed E-state index contributed by atoms with van der Waals surface area (Å²) in [6, 6.07) is 10.5. The van der Waals surface area contributed by atoms with Crippen molar-refractivity contribution in [2.45, 2.75) is 57.5 Å². The number of carbonyl (C=O) groups excluding carboxylic acids is 1. The number of amides is 1. The van der Waals surface area contributed by atoms with Crippen LogP contribution in [0.25, 0.3) is 22.3 Å². The number of aromatic nitrogens is 3. The van der Waals surface area contributed by atoms with E-state index in [0.717, 1.165) is 60.4 Å². The smallest absolute Gasteiger partial charge is 0.410 e. The van der Waals surface area contributed by atoms with Crippen molar-refractivity contribution in [3.63, 3.8) is 0 Å². The van der Waals surface area contributed by atoms with Gasteiger partial charge in [0.25, 0.3) is 0 Å². The molecule has 1 aliphatic heterocycles. The van der Waals surface area contributed by atoms with Crippen LogP contribution in [0.4, 0.5) is 4.79 Å². The van der Waals surface area contributed by atoms with E-state index in [4.69, 9.17) is 4.74 Å². The molecule has 1 aromatic carbocycles. The van der Waals surface area contributed by atoms with E-state index >= 15 is 0 Å². The van der Waals surface area contributed by atoms with E-state index < -0.39 is 5.60 Å². The van der Waals surface area contributed by atoms with Gasteiger partial charge in [-0.3, -0.25) is 0 Å². The van der Waals surface area contributed by atoms with E-state index in [-0.39, 0.29) is 11.9 Å². The van der Waals surface area contributed by atoms with Crippen molar-refractivity contribution in [2.75, 3.05) is 18.8 Å². The average Bonchev–Trinajstić information content (AvgIpc) is 3.19. The molecule has 184 valence electrons. The lowest BCUT2D eigenvalue weighted by molar-refractivity contribution is 0.0183. The van der Waals surface area contributed by atoms with Gasteiger partial charge >= 0.3 is 6.09 Å². The highest BCUT2D eigenvalue weighted by molar-refractivity contribution is 7.99. The number of nitriles is 1. The van der Waals surface area contributed by atoms with Gasteiger partial charge < -0.3 is 14.2 Å². The van der Waals surface area contributed by atoms with Crippen molar-refractivity contribution in [2.24, 2.45) is 13.0 Å². The van der Waals surface area contributed by atoms with Gasteiger partial charge in [-0.05, 0) is 82.4 Å². The quantitative estimate of drug-likeness (QED) is 0.410. The molecule has 0 aliphatic carbocycles. The summed E-state index contributed by atoms with van der Waals surface area (Å²) in [4.78, 5) is 24.2. The molecule has 0 radical (unpaired) electrons. The maximum Gasteiger partial charge on any atom is 0.410 e. The Labute approximate surface area is 211 Å². The van der Waals surface area contributed by atoms with Crippen molar-refractivity contribution in [1.82, 2.24) is 19.4 Å². The summed E-state index contributed by atoms with van der Waals surface area (Å²) in [5.41, 5.74) is 3.31. The van der Waals surface area contributed by atoms with Crippen molar-refractivity contribution < 1.29 is 9.53 Å². The molecule has 0 N–H and O–H groups in total. The topological polar surface area (TPSA) is 84.0 Å². The van der Waals surface area contributed by atoms with Crippen LogP contribution in [0.5, 0.6) is 0 Å². The van der Waals surface area contributed by atoms with Crippen molar-refractivity contribution in [1.29, 1.82) is 5.26 Å². The van der Waals surface area contributed by atoms with E-state index in [1.807, 2.05) is 61.3 Å². The summed E-state index contributed by atoms with van der Waals surface area (Å²) < 4.78 is 7.41. The summed E-state index contributed by atoms with van der Waals surface area (Å²) in [5, 5.41) is 10.3. The first-order valence-electron chi connectivity index (χ1n) is 12.1. The molecule has 8 heteroatoms. The number of piperidine rings is 1. The molecule has 7 nitrogen and oxygen atoms in total. The fourth-order valence-corrected chi connectivity index (χ4v) is 5.55. The molecule has 0 atom stereocenters. The normalized spacial score (nSPS) is 14.8. The molecule has 1 saturated heterocycles. The number of rotatable bonds is 5. The van der Waals surface area contributed by atoms with Gasteiger partial charge in [0.15, 0.2) is 0 Å². The lowest BCUT2D eigenvalue weighted by Crippen LogP contribution is -2.41. The minimum Gasteiger partial charge on any atom is -0.444 e. The van der Waals surface area contributed by atoms with Gasteiger partial charge in [0.2, 0.25) is 5.82 Å². The lowest BCUT2D eigenvalue weighted by Gasteiger charge is -2.33. The highest BCUT2D eigenvalue weighted by atomic mass is 32.2. The highest BCUT2D eigenvalue weighted by Gasteiger charge is 2.26. The zero-order valence-corrected chi connectivity index (χ0v) is 22.0. The fourth-order valence-electron chi connectivity index (χ4n) is 4.43. The molecule has 1 aliphatic rings. The second kappa shape index (κ2) is 10.3.